The molecule has 0 aliphatic heterocycles. The summed E-state index contributed by atoms with van der Waals surface area (Å²) in [4.78, 5) is 19.4. The van der Waals surface area contributed by atoms with Gasteiger partial charge in [0.1, 0.15) is 0 Å². The number of fused-ring (bicyclic) bond motifs is 6. The number of carbonyl (C=O) groups excluding carboxylic acids is 1. The zero-order valence-corrected chi connectivity index (χ0v) is 13.0. The molecule has 2 aromatic heterocycles. The summed E-state index contributed by atoms with van der Waals surface area (Å²) in [5, 5.41) is 4.04. The minimum absolute atomic E-state index is 0.332. The number of hydrogen-bond donors (Lipinski definition) is 2. The first kappa shape index (κ1) is 13.2. The van der Waals surface area contributed by atoms with Crippen LogP contribution in [0.15, 0.2) is 54.6 Å². The van der Waals surface area contributed by atoms with E-state index in [4.69, 9.17) is 4.74 Å². The highest BCUT2D eigenvalue weighted by molar-refractivity contribution is 6.26. The lowest BCUT2D eigenvalue weighted by atomic mass is 10.0. The standard InChI is InChI=1S/C20H14N2O2/c1-24-20(23)18-17-12-7-3-5-9-15(12)21-16(17)10-13-11-6-2-4-8-14(11)22-19(13)18/h2-10,21-22H,1H3. The molecule has 0 saturated carbocycles. The summed E-state index contributed by atoms with van der Waals surface area (Å²) in [5.41, 5.74) is 4.36. The lowest BCUT2D eigenvalue weighted by molar-refractivity contribution is 0.0605. The van der Waals surface area contributed by atoms with Gasteiger partial charge in [-0.15, -0.1) is 0 Å². The molecule has 0 aliphatic carbocycles. The molecule has 116 valence electrons. The Morgan fingerprint density at radius 1 is 0.833 bits per heavy atom. The van der Waals surface area contributed by atoms with E-state index in [9.17, 15) is 4.79 Å². The molecule has 4 heteroatoms. The maximum absolute atomic E-state index is 12.6. The molecule has 0 saturated heterocycles. The number of carbonyl (C=O) groups is 1. The van der Waals surface area contributed by atoms with Crippen molar-refractivity contribution in [3.63, 3.8) is 0 Å². The number of ether oxygens (including phenoxy) is 1. The average Bonchev–Trinajstić information content (AvgIpc) is 3.17. The molecule has 0 atom stereocenters. The minimum Gasteiger partial charge on any atom is -0.465 e. The summed E-state index contributed by atoms with van der Waals surface area (Å²) in [7, 11) is 1.42. The van der Waals surface area contributed by atoms with Crippen LogP contribution >= 0.6 is 0 Å². The smallest absolute Gasteiger partial charge is 0.340 e. The molecule has 0 spiro atoms. The number of methoxy groups -OCH3 is 1. The second kappa shape index (κ2) is 4.61. The predicted molar refractivity (Wildman–Crippen MR) is 96.5 cm³/mol. The van der Waals surface area contributed by atoms with Crippen LogP contribution in [0.3, 0.4) is 0 Å². The number of benzene rings is 3. The van der Waals surface area contributed by atoms with Crippen LogP contribution in [0.4, 0.5) is 0 Å². The number of para-hydroxylation sites is 2. The Balaban J connectivity index is 2.10. The van der Waals surface area contributed by atoms with Gasteiger partial charge < -0.3 is 14.7 Å². The van der Waals surface area contributed by atoms with E-state index in [2.05, 4.69) is 22.1 Å². The number of esters is 1. The van der Waals surface area contributed by atoms with Crippen LogP contribution in [0.25, 0.3) is 43.6 Å². The van der Waals surface area contributed by atoms with Crippen LogP contribution < -0.4 is 0 Å². The highest BCUT2D eigenvalue weighted by Crippen LogP contribution is 2.37. The Hall–Kier alpha value is -3.27. The lowest BCUT2D eigenvalue weighted by Gasteiger charge is -2.04. The predicted octanol–water partition coefficient (Wildman–Crippen LogP) is 4.74. The molecule has 0 aliphatic rings. The van der Waals surface area contributed by atoms with Gasteiger partial charge in [-0.05, 0) is 18.2 Å². The third-order valence-corrected chi connectivity index (χ3v) is 4.66. The molecule has 0 unspecified atom stereocenters. The number of aromatic nitrogens is 2. The van der Waals surface area contributed by atoms with Gasteiger partial charge in [0.25, 0.3) is 0 Å². The summed E-state index contributed by atoms with van der Waals surface area (Å²) in [6, 6.07) is 18.2. The molecular weight excluding hydrogens is 300 g/mol. The van der Waals surface area contributed by atoms with Crippen LogP contribution in [0, 0.1) is 0 Å². The second-order valence-corrected chi connectivity index (χ2v) is 5.93. The summed E-state index contributed by atoms with van der Waals surface area (Å²) in [6.07, 6.45) is 0. The van der Waals surface area contributed by atoms with E-state index in [-0.39, 0.29) is 5.97 Å². The Kier molecular flexibility index (Phi) is 2.54. The number of aromatic amines is 2. The van der Waals surface area contributed by atoms with Crippen molar-refractivity contribution >= 4 is 49.6 Å². The van der Waals surface area contributed by atoms with Crippen LogP contribution in [-0.2, 0) is 4.74 Å². The molecule has 3 aromatic carbocycles. The van der Waals surface area contributed by atoms with Crippen molar-refractivity contribution in [1.29, 1.82) is 0 Å². The zero-order valence-electron chi connectivity index (χ0n) is 13.0. The van der Waals surface area contributed by atoms with E-state index in [0.717, 1.165) is 43.6 Å². The third-order valence-electron chi connectivity index (χ3n) is 4.66. The van der Waals surface area contributed by atoms with Crippen molar-refractivity contribution in [3.8, 4) is 0 Å². The fraction of sp³-hybridized carbons (Fsp3) is 0.0500. The van der Waals surface area contributed by atoms with Crippen LogP contribution in [0.5, 0.6) is 0 Å². The van der Waals surface area contributed by atoms with Crippen LogP contribution in [-0.4, -0.2) is 23.0 Å². The van der Waals surface area contributed by atoms with Crippen molar-refractivity contribution < 1.29 is 9.53 Å². The Labute approximate surface area is 137 Å². The van der Waals surface area contributed by atoms with Gasteiger partial charge in [0.2, 0.25) is 0 Å². The monoisotopic (exact) mass is 314 g/mol. The quantitative estimate of drug-likeness (QED) is 0.439. The van der Waals surface area contributed by atoms with Gasteiger partial charge in [0.05, 0.1) is 18.2 Å². The highest BCUT2D eigenvalue weighted by atomic mass is 16.5. The first-order valence-electron chi connectivity index (χ1n) is 7.80. The van der Waals surface area contributed by atoms with E-state index in [1.54, 1.807) is 0 Å². The number of H-pyrrole nitrogens is 2. The largest absolute Gasteiger partial charge is 0.465 e. The summed E-state index contributed by atoms with van der Waals surface area (Å²) < 4.78 is 5.09. The first-order valence-corrected chi connectivity index (χ1v) is 7.80. The Bertz CT molecular complexity index is 1250. The van der Waals surface area contributed by atoms with Crippen LogP contribution in [0.2, 0.25) is 0 Å². The lowest BCUT2D eigenvalue weighted by Crippen LogP contribution is -2.03. The van der Waals surface area contributed by atoms with Gasteiger partial charge >= 0.3 is 5.97 Å². The SMILES string of the molecule is COC(=O)c1c2[nH]c3ccccc3c2cc2[nH]c3ccccc3c12. The van der Waals surface area contributed by atoms with Crippen molar-refractivity contribution in [2.75, 3.05) is 7.11 Å². The molecule has 0 amide bonds. The summed E-state index contributed by atoms with van der Waals surface area (Å²) in [5.74, 6) is -0.332. The van der Waals surface area contributed by atoms with Crippen molar-refractivity contribution in [2.24, 2.45) is 0 Å². The topological polar surface area (TPSA) is 57.9 Å². The normalized spacial score (nSPS) is 11.7. The highest BCUT2D eigenvalue weighted by Gasteiger charge is 2.21. The van der Waals surface area contributed by atoms with E-state index in [0.29, 0.717) is 5.56 Å². The van der Waals surface area contributed by atoms with Gasteiger partial charge in [-0.3, -0.25) is 0 Å². The molecular formula is C20H14N2O2. The molecule has 4 nitrogen and oxygen atoms in total. The Morgan fingerprint density at radius 2 is 1.50 bits per heavy atom. The van der Waals surface area contributed by atoms with Crippen LogP contribution in [0.1, 0.15) is 10.4 Å². The molecule has 0 bridgehead atoms. The first-order chi connectivity index (χ1) is 11.8. The summed E-state index contributed by atoms with van der Waals surface area (Å²) >= 11 is 0. The maximum atomic E-state index is 12.6. The fourth-order valence-electron chi connectivity index (χ4n) is 3.63. The molecule has 0 fully saturated rings. The second-order valence-electron chi connectivity index (χ2n) is 5.93. The molecule has 2 N–H and O–H groups in total. The number of rotatable bonds is 1. The van der Waals surface area contributed by atoms with E-state index in [1.807, 2.05) is 42.5 Å². The van der Waals surface area contributed by atoms with E-state index >= 15 is 0 Å². The van der Waals surface area contributed by atoms with Crippen molar-refractivity contribution in [2.45, 2.75) is 0 Å². The van der Waals surface area contributed by atoms with Gasteiger partial charge in [-0.2, -0.15) is 0 Å². The van der Waals surface area contributed by atoms with Gasteiger partial charge in [0, 0.05) is 38.1 Å². The van der Waals surface area contributed by atoms with Crippen molar-refractivity contribution in [1.82, 2.24) is 9.97 Å². The molecule has 2 heterocycles. The molecule has 0 radical (unpaired) electrons. The minimum atomic E-state index is -0.332. The van der Waals surface area contributed by atoms with E-state index < -0.39 is 0 Å². The van der Waals surface area contributed by atoms with Gasteiger partial charge in [-0.25, -0.2) is 4.79 Å². The average molecular weight is 314 g/mol. The van der Waals surface area contributed by atoms with Gasteiger partial charge in [-0.1, -0.05) is 36.4 Å². The fourth-order valence-corrected chi connectivity index (χ4v) is 3.63. The Morgan fingerprint density at radius 3 is 2.25 bits per heavy atom. The zero-order chi connectivity index (χ0) is 16.3. The molecule has 5 aromatic rings. The number of hydrogen-bond acceptors (Lipinski definition) is 2. The molecule has 5 rings (SSSR count). The molecule has 24 heavy (non-hydrogen) atoms. The van der Waals surface area contributed by atoms with E-state index in [1.165, 1.54) is 7.11 Å². The third kappa shape index (κ3) is 1.60. The summed E-state index contributed by atoms with van der Waals surface area (Å²) in [6.45, 7) is 0. The number of nitrogens with one attached hydrogen (secondary N) is 2. The maximum Gasteiger partial charge on any atom is 0.340 e. The van der Waals surface area contributed by atoms with Crippen molar-refractivity contribution in [3.05, 3.63) is 60.2 Å². The van der Waals surface area contributed by atoms with Gasteiger partial charge in [0.15, 0.2) is 0 Å².